The van der Waals surface area contributed by atoms with Gasteiger partial charge < -0.3 is 30.8 Å². The molecule has 6 rings (SSSR count). The maximum atomic E-state index is 13.3. The minimum atomic E-state index is -5.13. The van der Waals surface area contributed by atoms with Gasteiger partial charge in [0.2, 0.25) is 0 Å². The Morgan fingerprint density at radius 1 is 0.484 bits per heavy atom. The summed E-state index contributed by atoms with van der Waals surface area (Å²) in [4.78, 5) is -3.73. The minimum absolute atomic E-state index is 0. The molecule has 0 aromatic heterocycles. The number of azo groups is 2. The third kappa shape index (κ3) is 11.8. The van der Waals surface area contributed by atoms with Crippen molar-refractivity contribution in [3.63, 3.8) is 0 Å². The van der Waals surface area contributed by atoms with Gasteiger partial charge in [0.25, 0.3) is 20.2 Å². The molecule has 28 heteroatoms. The summed E-state index contributed by atoms with van der Waals surface area (Å²) in [5.74, 6) is -1.94. The van der Waals surface area contributed by atoms with Crippen LogP contribution in [-0.2, 0) is 40.5 Å². The molecule has 0 aliphatic heterocycles. The molecule has 6 aromatic rings. The van der Waals surface area contributed by atoms with E-state index in [4.69, 9.17) is 11.5 Å². The molecule has 0 radical (unpaired) electrons. The van der Waals surface area contributed by atoms with Crippen LogP contribution in [0.1, 0.15) is 11.1 Å². The fraction of sp³-hybridized carbons (Fsp3) is 0.0588. The second-order valence-corrected chi connectivity index (χ2v) is 18.1. The molecule has 6 aromatic carbocycles. The zero-order valence-corrected chi connectivity index (χ0v) is 44.6. The average Bonchev–Trinajstić information content (AvgIpc) is 3.09. The van der Waals surface area contributed by atoms with Crippen LogP contribution in [0.3, 0.4) is 0 Å². The zero-order valence-electron chi connectivity index (χ0n) is 33.3. The molecule has 0 saturated heterocycles. The summed E-state index contributed by atoms with van der Waals surface area (Å²) < 4.78 is 138. The third-order valence-corrected chi connectivity index (χ3v) is 12.1. The zero-order chi connectivity index (χ0) is 42.9. The monoisotopic (exact) mass is 960 g/mol. The first-order valence-corrected chi connectivity index (χ1v) is 21.5. The summed E-state index contributed by atoms with van der Waals surface area (Å²) in [6.45, 7) is 3.30. The van der Waals surface area contributed by atoms with E-state index in [1.165, 1.54) is 12.1 Å². The fourth-order valence-electron chi connectivity index (χ4n) is 5.93. The van der Waals surface area contributed by atoms with Crippen molar-refractivity contribution in [1.29, 1.82) is 0 Å². The first kappa shape index (κ1) is 56.0. The van der Waals surface area contributed by atoms with Crippen LogP contribution in [0, 0.1) is 13.8 Å². The molecular formula is C34H24N6Na4O14S4. The van der Waals surface area contributed by atoms with E-state index in [0.29, 0.717) is 58.7 Å². The van der Waals surface area contributed by atoms with Crippen LogP contribution in [0.4, 0.5) is 34.1 Å². The number of fused-ring (bicyclic) bond motifs is 2. The number of nitrogens with zero attached hydrogens (tertiary/aromatic N) is 4. The van der Waals surface area contributed by atoms with Crippen LogP contribution in [0.15, 0.2) is 113 Å². The molecule has 0 heterocycles. The van der Waals surface area contributed by atoms with Gasteiger partial charge in [-0.1, -0.05) is 23.6 Å². The number of nitrogens with two attached hydrogens (primary N) is 2. The minimum Gasteiger partial charge on any atom is -0.870 e. The topological polar surface area (TPSA) is 371 Å². The van der Waals surface area contributed by atoms with Crippen molar-refractivity contribution < 1.29 is 180 Å². The fourth-order valence-corrected chi connectivity index (χ4v) is 8.40. The SMILES string of the molecule is Cc1cc(-c2ccc(N=Nc3cc(S(=O)(=O)O)c4cc(S(=O)(=O)[O-])cc(N)c4c3[O-])c(C)c2)ccc1N=Nc1cc(S(=O)(=O)O)c2cc(S(=O)(=O)[O-])cc(N)c2c1[O-].[Na+].[Na+].[Na+].[Na+]. The Kier molecular flexibility index (Phi) is 18.6. The Labute approximate surface area is 442 Å². The first-order valence-electron chi connectivity index (χ1n) is 15.8. The number of nitrogen functional groups attached to an aromatic ring is 2. The molecule has 302 valence electrons. The van der Waals surface area contributed by atoms with Gasteiger partial charge in [-0.15, -0.1) is 0 Å². The summed E-state index contributed by atoms with van der Waals surface area (Å²) in [7, 11) is -20.5. The quantitative estimate of drug-likeness (QED) is 0.0453. The molecule has 0 amide bonds. The third-order valence-electron chi connectivity index (χ3n) is 8.66. The van der Waals surface area contributed by atoms with Crippen molar-refractivity contribution in [3.05, 3.63) is 83.9 Å². The Morgan fingerprint density at radius 3 is 1.06 bits per heavy atom. The number of hydrogen-bond acceptors (Lipinski definition) is 18. The molecule has 0 aliphatic carbocycles. The Balaban J connectivity index is 0.00000331. The number of benzene rings is 6. The Bertz CT molecular complexity index is 3100. The molecular weight excluding hydrogens is 937 g/mol. The summed E-state index contributed by atoms with van der Waals surface area (Å²) in [5.41, 5.74) is 12.2. The number of aryl methyl sites for hydroxylation is 2. The maximum Gasteiger partial charge on any atom is 1.00 e. The smallest absolute Gasteiger partial charge is 0.870 e. The molecule has 0 fully saturated rings. The molecule has 0 atom stereocenters. The van der Waals surface area contributed by atoms with Crippen molar-refractivity contribution in [3.8, 4) is 22.6 Å². The standard InChI is InChI=1S/C34H28N6O14S4.4Na/c1-15-7-17(3-5-25(15)37-39-27-13-29(57(49,50)51)21-9-19(55(43,44)45)11-23(35)31(21)33(27)41)18-4-6-26(16(2)8-18)38-40-28-14-30(58(52,53)54)22-10-20(56(46,47)48)12-24(36)32(22)34(28)42;;;;/h3-14,41-42H,35-36H2,1-2H3,(H,43,44,45)(H,46,47,48)(H,49,50,51)(H,52,53,54);;;;/q;4*+1/p-4. The van der Waals surface area contributed by atoms with E-state index in [1.807, 2.05) is 0 Å². The van der Waals surface area contributed by atoms with Gasteiger partial charge in [-0.25, -0.2) is 16.8 Å². The molecule has 0 unspecified atom stereocenters. The van der Waals surface area contributed by atoms with Gasteiger partial charge in [0, 0.05) is 32.9 Å². The van der Waals surface area contributed by atoms with Gasteiger partial charge >= 0.3 is 118 Å². The Morgan fingerprint density at radius 2 is 0.790 bits per heavy atom. The molecule has 0 aliphatic rings. The first-order chi connectivity index (χ1) is 26.8. The number of rotatable bonds is 9. The van der Waals surface area contributed by atoms with Crippen molar-refractivity contribution in [1.82, 2.24) is 0 Å². The van der Waals surface area contributed by atoms with Crippen molar-refractivity contribution in [2.24, 2.45) is 20.5 Å². The van der Waals surface area contributed by atoms with Crippen molar-refractivity contribution in [2.75, 3.05) is 11.5 Å². The number of hydrogen-bond donors (Lipinski definition) is 4. The molecule has 0 bridgehead atoms. The van der Waals surface area contributed by atoms with E-state index in [9.17, 15) is 62.1 Å². The van der Waals surface area contributed by atoms with Gasteiger partial charge in [0.1, 0.15) is 30.0 Å². The van der Waals surface area contributed by atoms with Crippen LogP contribution in [0.25, 0.3) is 32.7 Å². The second kappa shape index (κ2) is 20.6. The molecule has 0 spiro atoms. The summed E-state index contributed by atoms with van der Waals surface area (Å²) in [6, 6.07) is 13.6. The molecule has 0 saturated carbocycles. The normalized spacial score (nSPS) is 12.2. The Hall–Kier alpha value is -2.12. The number of anilines is 2. The predicted molar refractivity (Wildman–Crippen MR) is 201 cm³/mol. The van der Waals surface area contributed by atoms with Crippen molar-refractivity contribution in [2.45, 2.75) is 33.4 Å². The van der Waals surface area contributed by atoms with Crippen LogP contribution < -0.4 is 140 Å². The maximum absolute atomic E-state index is 13.3. The largest absolute Gasteiger partial charge is 1.00 e. The van der Waals surface area contributed by atoms with Gasteiger partial charge in [0.15, 0.2) is 0 Å². The van der Waals surface area contributed by atoms with E-state index in [0.717, 1.165) is 0 Å². The summed E-state index contributed by atoms with van der Waals surface area (Å²) in [5, 5.41) is 40.1. The van der Waals surface area contributed by atoms with Gasteiger partial charge in [0.05, 0.1) is 32.5 Å². The van der Waals surface area contributed by atoms with E-state index in [2.05, 4.69) is 20.5 Å². The van der Waals surface area contributed by atoms with Crippen LogP contribution in [0.2, 0.25) is 0 Å². The summed E-state index contributed by atoms with van der Waals surface area (Å²) >= 11 is 0. The van der Waals surface area contributed by atoms with Gasteiger partial charge in [-0.05, 0) is 96.8 Å². The van der Waals surface area contributed by atoms with Crippen molar-refractivity contribution >= 4 is 96.1 Å². The molecule has 6 N–H and O–H groups in total. The van der Waals surface area contributed by atoms with Crippen LogP contribution in [0.5, 0.6) is 11.5 Å². The van der Waals surface area contributed by atoms with Gasteiger partial charge in [-0.3, -0.25) is 9.11 Å². The van der Waals surface area contributed by atoms with E-state index >= 15 is 0 Å². The second-order valence-electron chi connectivity index (χ2n) is 12.6. The van der Waals surface area contributed by atoms with E-state index in [-0.39, 0.29) is 130 Å². The molecule has 62 heavy (non-hydrogen) atoms. The van der Waals surface area contributed by atoms with Crippen LogP contribution >= 0.6 is 0 Å². The van der Waals surface area contributed by atoms with E-state index < -0.39 is 116 Å². The molecule has 20 nitrogen and oxygen atoms in total. The van der Waals surface area contributed by atoms with E-state index in [1.54, 1.807) is 38.1 Å². The van der Waals surface area contributed by atoms with Crippen LogP contribution in [-0.4, -0.2) is 51.9 Å². The summed E-state index contributed by atoms with van der Waals surface area (Å²) in [6.07, 6.45) is 0. The van der Waals surface area contributed by atoms with Gasteiger partial charge in [-0.2, -0.15) is 37.3 Å². The predicted octanol–water partition coefficient (Wildman–Crippen LogP) is -7.26. The average molecular weight is 961 g/mol.